The molecule has 30 heavy (non-hydrogen) atoms. The number of rotatable bonds is 7. The number of anilines is 1. The molecule has 1 heterocycles. The molecule has 1 N–H and O–H groups in total. The fraction of sp³-hybridized carbons (Fsp3) is 0.409. The van der Waals surface area contributed by atoms with Crippen molar-refractivity contribution in [1.29, 1.82) is 0 Å². The molecular weight excluding hydrogens is 404 g/mol. The van der Waals surface area contributed by atoms with E-state index < -0.39 is 10.0 Å². The van der Waals surface area contributed by atoms with Crippen molar-refractivity contribution in [1.82, 2.24) is 4.31 Å². The van der Waals surface area contributed by atoms with E-state index in [4.69, 9.17) is 9.47 Å². The van der Waals surface area contributed by atoms with Gasteiger partial charge in [0.05, 0.1) is 24.8 Å². The van der Waals surface area contributed by atoms with Crippen molar-refractivity contribution >= 4 is 21.6 Å². The number of piperidine rings is 1. The number of carbonyl (C=O) groups excluding carboxylic acids is 1. The minimum atomic E-state index is -3.66. The molecule has 2 aromatic carbocycles. The molecular formula is C22H28N2O5S. The zero-order chi connectivity index (χ0) is 21.7. The van der Waals surface area contributed by atoms with E-state index in [-0.39, 0.29) is 23.3 Å². The lowest BCUT2D eigenvalue weighted by Gasteiger charge is -2.34. The average Bonchev–Trinajstić information content (AvgIpc) is 2.74. The Morgan fingerprint density at radius 3 is 2.50 bits per heavy atom. The first-order valence-corrected chi connectivity index (χ1v) is 11.4. The summed E-state index contributed by atoms with van der Waals surface area (Å²) in [6.45, 7) is 2.33. The van der Waals surface area contributed by atoms with E-state index in [1.165, 1.54) is 11.4 Å². The van der Waals surface area contributed by atoms with Crippen LogP contribution in [-0.4, -0.2) is 45.4 Å². The summed E-state index contributed by atoms with van der Waals surface area (Å²) in [6.07, 6.45) is 2.41. The number of methoxy groups -OCH3 is 2. The second kappa shape index (κ2) is 9.49. The molecule has 1 amide bonds. The molecule has 0 bridgehead atoms. The van der Waals surface area contributed by atoms with Crippen LogP contribution < -0.4 is 14.8 Å². The Bertz CT molecular complexity index is 989. The molecule has 1 aliphatic heterocycles. The van der Waals surface area contributed by atoms with Crippen molar-refractivity contribution in [3.63, 3.8) is 0 Å². The summed E-state index contributed by atoms with van der Waals surface area (Å²) in [6, 6.07) is 11.6. The highest BCUT2D eigenvalue weighted by Gasteiger charge is 2.34. The first-order chi connectivity index (χ1) is 14.3. The Morgan fingerprint density at radius 2 is 1.83 bits per heavy atom. The van der Waals surface area contributed by atoms with Crippen molar-refractivity contribution in [3.05, 3.63) is 48.0 Å². The number of sulfonamides is 1. The highest BCUT2D eigenvalue weighted by molar-refractivity contribution is 7.89. The number of benzene rings is 2. The molecule has 8 heteroatoms. The van der Waals surface area contributed by atoms with E-state index in [0.717, 1.165) is 18.4 Å². The van der Waals surface area contributed by atoms with Crippen LogP contribution in [0.1, 0.15) is 31.2 Å². The van der Waals surface area contributed by atoms with E-state index in [1.807, 2.05) is 6.92 Å². The number of nitrogens with one attached hydrogen (secondary N) is 1. The van der Waals surface area contributed by atoms with Crippen molar-refractivity contribution in [2.24, 2.45) is 0 Å². The van der Waals surface area contributed by atoms with Crippen molar-refractivity contribution < 1.29 is 22.7 Å². The van der Waals surface area contributed by atoms with Crippen molar-refractivity contribution in [2.75, 3.05) is 26.1 Å². The van der Waals surface area contributed by atoms with Crippen molar-refractivity contribution in [2.45, 2.75) is 43.5 Å². The summed E-state index contributed by atoms with van der Waals surface area (Å²) in [5.74, 6) is 0.845. The van der Waals surface area contributed by atoms with E-state index >= 15 is 0 Å². The number of ether oxygens (including phenoxy) is 2. The van der Waals surface area contributed by atoms with Crippen LogP contribution in [0.15, 0.2) is 47.4 Å². The predicted molar refractivity (Wildman–Crippen MR) is 116 cm³/mol. The van der Waals surface area contributed by atoms with Gasteiger partial charge in [0.15, 0.2) is 0 Å². The quantitative estimate of drug-likeness (QED) is 0.723. The molecule has 0 spiro atoms. The number of carbonyl (C=O) groups is 1. The topological polar surface area (TPSA) is 84.9 Å². The van der Waals surface area contributed by atoms with Crippen LogP contribution in [0.2, 0.25) is 0 Å². The van der Waals surface area contributed by atoms with E-state index in [2.05, 4.69) is 5.32 Å². The SMILES string of the molecule is COc1ccc(NC(=O)C[C@H]2CCCCN2S(=O)(=O)c2ccc(C)cc2)c(OC)c1. The van der Waals surface area contributed by atoms with Gasteiger partial charge in [-0.1, -0.05) is 24.1 Å². The first kappa shape index (κ1) is 22.1. The molecule has 0 saturated carbocycles. The smallest absolute Gasteiger partial charge is 0.243 e. The maximum atomic E-state index is 13.2. The zero-order valence-corrected chi connectivity index (χ0v) is 18.4. The molecule has 0 radical (unpaired) electrons. The number of hydrogen-bond donors (Lipinski definition) is 1. The third-order valence-corrected chi connectivity index (χ3v) is 7.27. The summed E-state index contributed by atoms with van der Waals surface area (Å²) in [5, 5.41) is 2.84. The highest BCUT2D eigenvalue weighted by Crippen LogP contribution is 2.31. The van der Waals surface area contributed by atoms with Crippen LogP contribution in [-0.2, 0) is 14.8 Å². The van der Waals surface area contributed by atoms with Crippen LogP contribution in [0, 0.1) is 6.92 Å². The fourth-order valence-electron chi connectivity index (χ4n) is 3.66. The summed E-state index contributed by atoms with van der Waals surface area (Å²) >= 11 is 0. The van der Waals surface area contributed by atoms with Gasteiger partial charge in [-0.05, 0) is 44.0 Å². The van der Waals surface area contributed by atoms with Gasteiger partial charge >= 0.3 is 0 Å². The number of aryl methyl sites for hydroxylation is 1. The third kappa shape index (κ3) is 4.94. The minimum absolute atomic E-state index is 0.0836. The van der Waals surface area contributed by atoms with E-state index in [9.17, 15) is 13.2 Å². The Morgan fingerprint density at radius 1 is 1.10 bits per heavy atom. The van der Waals surface area contributed by atoms with Gasteiger partial charge in [-0.25, -0.2) is 8.42 Å². The van der Waals surface area contributed by atoms with Gasteiger partial charge < -0.3 is 14.8 Å². The standard InChI is InChI=1S/C22H28N2O5S/c1-16-7-10-19(11-8-16)30(26,27)24-13-5-4-6-17(24)14-22(25)23-20-12-9-18(28-2)15-21(20)29-3/h7-12,15,17H,4-6,13-14H2,1-3H3,(H,23,25)/t17-/m1/s1. The van der Waals surface area contributed by atoms with Gasteiger partial charge in [-0.2, -0.15) is 4.31 Å². The molecule has 1 fully saturated rings. The van der Waals surface area contributed by atoms with Crippen LogP contribution in [0.4, 0.5) is 5.69 Å². The molecule has 1 aliphatic rings. The molecule has 2 aromatic rings. The summed E-state index contributed by atoms with van der Waals surface area (Å²) in [5.41, 5.74) is 1.52. The molecule has 0 unspecified atom stereocenters. The van der Waals surface area contributed by atoms with E-state index in [0.29, 0.717) is 30.2 Å². The van der Waals surface area contributed by atoms with Gasteiger partial charge in [0.2, 0.25) is 15.9 Å². The predicted octanol–water partition coefficient (Wildman–Crippen LogP) is 3.58. The minimum Gasteiger partial charge on any atom is -0.497 e. The van der Waals surface area contributed by atoms with Crippen LogP contribution in [0.3, 0.4) is 0 Å². The maximum Gasteiger partial charge on any atom is 0.243 e. The lowest BCUT2D eigenvalue weighted by atomic mass is 10.0. The van der Waals surface area contributed by atoms with E-state index in [1.54, 1.807) is 49.6 Å². The van der Waals surface area contributed by atoms with Crippen molar-refractivity contribution in [3.8, 4) is 11.5 Å². The summed E-state index contributed by atoms with van der Waals surface area (Å²) in [7, 11) is -0.586. The first-order valence-electron chi connectivity index (χ1n) is 9.95. The van der Waals surface area contributed by atoms with Gasteiger partial charge in [0, 0.05) is 25.1 Å². The Labute approximate surface area is 178 Å². The van der Waals surface area contributed by atoms with Crippen LogP contribution >= 0.6 is 0 Å². The van der Waals surface area contributed by atoms with Crippen LogP contribution in [0.25, 0.3) is 0 Å². The molecule has 0 aromatic heterocycles. The molecule has 1 saturated heterocycles. The molecule has 3 rings (SSSR count). The van der Waals surface area contributed by atoms with Gasteiger partial charge in [0.1, 0.15) is 11.5 Å². The Balaban J connectivity index is 1.75. The lowest BCUT2D eigenvalue weighted by Crippen LogP contribution is -2.45. The Hall–Kier alpha value is -2.58. The average molecular weight is 433 g/mol. The Kier molecular flexibility index (Phi) is 6.99. The van der Waals surface area contributed by atoms with Crippen LogP contribution in [0.5, 0.6) is 11.5 Å². The fourth-order valence-corrected chi connectivity index (χ4v) is 5.35. The molecule has 7 nitrogen and oxygen atoms in total. The van der Waals surface area contributed by atoms with Gasteiger partial charge in [-0.15, -0.1) is 0 Å². The number of nitrogens with zero attached hydrogens (tertiary/aromatic N) is 1. The normalized spacial score (nSPS) is 17.4. The summed E-state index contributed by atoms with van der Waals surface area (Å²) < 4.78 is 38.3. The van der Waals surface area contributed by atoms with Gasteiger partial charge in [-0.3, -0.25) is 4.79 Å². The maximum absolute atomic E-state index is 13.2. The molecule has 1 atom stereocenters. The molecule has 0 aliphatic carbocycles. The second-order valence-electron chi connectivity index (χ2n) is 7.40. The zero-order valence-electron chi connectivity index (χ0n) is 17.6. The number of amides is 1. The lowest BCUT2D eigenvalue weighted by molar-refractivity contribution is -0.117. The molecule has 162 valence electrons. The summed E-state index contributed by atoms with van der Waals surface area (Å²) in [4.78, 5) is 13.0. The largest absolute Gasteiger partial charge is 0.497 e. The third-order valence-electron chi connectivity index (χ3n) is 5.30. The van der Waals surface area contributed by atoms with Gasteiger partial charge in [0.25, 0.3) is 0 Å². The highest BCUT2D eigenvalue weighted by atomic mass is 32.2. The number of hydrogen-bond acceptors (Lipinski definition) is 5. The second-order valence-corrected chi connectivity index (χ2v) is 9.29. The monoisotopic (exact) mass is 432 g/mol.